The standard InChI is InChI=1S/C29H27F2NO4/c1-2-27(33)22-16-25(30)28(26(31)17-22)36-19-23-18-32(13-14-35-23)29(34)24(21-11-7-4-8-12-21)15-20-9-5-3-6-10-20/h3-12,15-17,23H,2,13-14,18-19H2,1H3/b24-15+. The second-order valence-electron chi connectivity index (χ2n) is 8.44. The normalized spacial score (nSPS) is 16.0. The first-order chi connectivity index (χ1) is 17.5. The number of amides is 1. The summed E-state index contributed by atoms with van der Waals surface area (Å²) in [6.45, 7) is 2.32. The monoisotopic (exact) mass is 491 g/mol. The maximum absolute atomic E-state index is 14.4. The summed E-state index contributed by atoms with van der Waals surface area (Å²) in [5.41, 5.74) is 2.19. The lowest BCUT2D eigenvalue weighted by molar-refractivity contribution is -0.133. The zero-order chi connectivity index (χ0) is 25.5. The molecule has 3 aromatic rings. The van der Waals surface area contributed by atoms with Gasteiger partial charge >= 0.3 is 0 Å². The summed E-state index contributed by atoms with van der Waals surface area (Å²) in [4.78, 5) is 27.0. The Morgan fingerprint density at radius 3 is 2.28 bits per heavy atom. The highest BCUT2D eigenvalue weighted by Crippen LogP contribution is 2.26. The van der Waals surface area contributed by atoms with Gasteiger partial charge in [-0.1, -0.05) is 67.6 Å². The second-order valence-corrected chi connectivity index (χ2v) is 8.44. The van der Waals surface area contributed by atoms with Gasteiger partial charge in [0.25, 0.3) is 5.91 Å². The maximum atomic E-state index is 14.4. The van der Waals surface area contributed by atoms with Crippen LogP contribution in [0, 0.1) is 11.6 Å². The van der Waals surface area contributed by atoms with Crippen LogP contribution >= 0.6 is 0 Å². The largest absolute Gasteiger partial charge is 0.485 e. The lowest BCUT2D eigenvalue weighted by atomic mass is 10.0. The Labute approximate surface area is 209 Å². The minimum atomic E-state index is -0.951. The molecule has 186 valence electrons. The van der Waals surface area contributed by atoms with Crippen molar-refractivity contribution in [3.63, 3.8) is 0 Å². The van der Waals surface area contributed by atoms with Crippen molar-refractivity contribution < 1.29 is 27.8 Å². The van der Waals surface area contributed by atoms with Crippen LogP contribution in [-0.2, 0) is 9.53 Å². The lowest BCUT2D eigenvalue weighted by Gasteiger charge is -2.33. The molecule has 1 aliphatic rings. The molecule has 5 nitrogen and oxygen atoms in total. The van der Waals surface area contributed by atoms with E-state index in [1.165, 1.54) is 0 Å². The number of hydrogen-bond acceptors (Lipinski definition) is 4. The number of benzene rings is 3. The number of morpholine rings is 1. The Morgan fingerprint density at radius 1 is 1.00 bits per heavy atom. The molecule has 0 radical (unpaired) electrons. The number of Topliss-reactive ketones (excluding diaryl/α,β-unsaturated/α-hetero) is 1. The highest BCUT2D eigenvalue weighted by atomic mass is 19.1. The molecule has 1 amide bonds. The molecular weight excluding hydrogens is 464 g/mol. The molecule has 7 heteroatoms. The summed E-state index contributed by atoms with van der Waals surface area (Å²) in [5.74, 6) is -3.00. The fraction of sp³-hybridized carbons (Fsp3) is 0.241. The van der Waals surface area contributed by atoms with Gasteiger partial charge in [-0.15, -0.1) is 0 Å². The number of hydrogen-bond donors (Lipinski definition) is 0. The fourth-order valence-electron chi connectivity index (χ4n) is 4.02. The van der Waals surface area contributed by atoms with Gasteiger partial charge in [-0.3, -0.25) is 9.59 Å². The van der Waals surface area contributed by atoms with Gasteiger partial charge < -0.3 is 14.4 Å². The molecule has 1 fully saturated rings. The van der Waals surface area contributed by atoms with Crippen LogP contribution in [0.1, 0.15) is 34.8 Å². The molecule has 1 heterocycles. The first kappa shape index (κ1) is 25.3. The van der Waals surface area contributed by atoms with Gasteiger partial charge in [0.15, 0.2) is 23.2 Å². The molecule has 3 aromatic carbocycles. The summed E-state index contributed by atoms with van der Waals surface area (Å²) in [6, 6.07) is 20.9. The second kappa shape index (κ2) is 11.7. The van der Waals surface area contributed by atoms with Crippen LogP contribution < -0.4 is 4.74 Å². The van der Waals surface area contributed by atoms with Crippen LogP contribution in [0.3, 0.4) is 0 Å². The average molecular weight is 492 g/mol. The van der Waals surface area contributed by atoms with Gasteiger partial charge in [0.2, 0.25) is 0 Å². The van der Waals surface area contributed by atoms with Gasteiger partial charge in [-0.2, -0.15) is 0 Å². The summed E-state index contributed by atoms with van der Waals surface area (Å²) in [5, 5.41) is 0. The number of ether oxygens (including phenoxy) is 2. The molecule has 1 atom stereocenters. The average Bonchev–Trinajstić information content (AvgIpc) is 2.91. The predicted octanol–water partition coefficient (Wildman–Crippen LogP) is 5.40. The predicted molar refractivity (Wildman–Crippen MR) is 134 cm³/mol. The van der Waals surface area contributed by atoms with Crippen LogP contribution in [0.2, 0.25) is 0 Å². The molecule has 1 unspecified atom stereocenters. The molecule has 4 rings (SSSR count). The number of carbonyl (C=O) groups is 2. The van der Waals surface area contributed by atoms with E-state index >= 15 is 0 Å². The van der Waals surface area contributed by atoms with Crippen molar-refractivity contribution in [2.75, 3.05) is 26.3 Å². The van der Waals surface area contributed by atoms with Crippen molar-refractivity contribution in [2.45, 2.75) is 19.4 Å². The Balaban J connectivity index is 1.48. The van der Waals surface area contributed by atoms with Crippen molar-refractivity contribution in [1.82, 2.24) is 4.90 Å². The smallest absolute Gasteiger partial charge is 0.254 e. The van der Waals surface area contributed by atoms with E-state index in [9.17, 15) is 18.4 Å². The highest BCUT2D eigenvalue weighted by molar-refractivity contribution is 6.24. The summed E-state index contributed by atoms with van der Waals surface area (Å²) < 4.78 is 40.0. The first-order valence-electron chi connectivity index (χ1n) is 11.8. The number of halogens is 2. The molecular formula is C29H27F2NO4. The number of nitrogens with zero attached hydrogens (tertiary/aromatic N) is 1. The zero-order valence-electron chi connectivity index (χ0n) is 20.0. The van der Waals surface area contributed by atoms with Crippen molar-refractivity contribution in [3.05, 3.63) is 101 Å². The molecule has 0 bridgehead atoms. The van der Waals surface area contributed by atoms with Crippen LogP contribution in [0.15, 0.2) is 72.8 Å². The van der Waals surface area contributed by atoms with E-state index in [1.54, 1.807) is 11.8 Å². The number of ketones is 1. The Hall–Kier alpha value is -3.84. The van der Waals surface area contributed by atoms with E-state index in [0.717, 1.165) is 23.3 Å². The third kappa shape index (κ3) is 6.04. The van der Waals surface area contributed by atoms with E-state index < -0.39 is 23.5 Å². The van der Waals surface area contributed by atoms with Gasteiger partial charge in [0.05, 0.1) is 13.2 Å². The fourth-order valence-corrected chi connectivity index (χ4v) is 4.02. The molecule has 36 heavy (non-hydrogen) atoms. The van der Waals surface area contributed by atoms with Crippen LogP contribution in [0.25, 0.3) is 11.6 Å². The van der Waals surface area contributed by atoms with E-state index in [-0.39, 0.29) is 43.4 Å². The summed E-state index contributed by atoms with van der Waals surface area (Å²) >= 11 is 0. The maximum Gasteiger partial charge on any atom is 0.254 e. The van der Waals surface area contributed by atoms with Crippen molar-refractivity contribution in [3.8, 4) is 5.75 Å². The molecule has 0 spiro atoms. The van der Waals surface area contributed by atoms with Crippen molar-refractivity contribution in [1.29, 1.82) is 0 Å². The minimum absolute atomic E-state index is 0.0378. The Bertz CT molecular complexity index is 1220. The van der Waals surface area contributed by atoms with Gasteiger partial charge in [0.1, 0.15) is 12.7 Å². The van der Waals surface area contributed by atoms with Crippen molar-refractivity contribution >= 4 is 23.3 Å². The van der Waals surface area contributed by atoms with Crippen LogP contribution in [-0.4, -0.2) is 49.0 Å². The Morgan fingerprint density at radius 2 is 1.64 bits per heavy atom. The van der Waals surface area contributed by atoms with E-state index in [0.29, 0.717) is 12.1 Å². The lowest BCUT2D eigenvalue weighted by Crippen LogP contribution is -2.47. The van der Waals surface area contributed by atoms with E-state index in [4.69, 9.17) is 9.47 Å². The molecule has 1 aliphatic heterocycles. The topological polar surface area (TPSA) is 55.8 Å². The minimum Gasteiger partial charge on any atom is -0.485 e. The van der Waals surface area contributed by atoms with Crippen LogP contribution in [0.5, 0.6) is 5.75 Å². The SMILES string of the molecule is CCC(=O)c1cc(F)c(OCC2CN(C(=O)/C(=C/c3ccccc3)c3ccccc3)CCO2)c(F)c1. The zero-order valence-corrected chi connectivity index (χ0v) is 20.0. The molecule has 0 aromatic heterocycles. The highest BCUT2D eigenvalue weighted by Gasteiger charge is 2.28. The third-order valence-corrected chi connectivity index (χ3v) is 5.91. The quantitative estimate of drug-likeness (QED) is 0.240. The van der Waals surface area contributed by atoms with Gasteiger partial charge in [-0.25, -0.2) is 8.78 Å². The molecule has 0 N–H and O–H groups in total. The number of rotatable bonds is 8. The Kier molecular flexibility index (Phi) is 8.23. The van der Waals surface area contributed by atoms with E-state index in [1.807, 2.05) is 66.7 Å². The third-order valence-electron chi connectivity index (χ3n) is 5.91. The molecule has 1 saturated heterocycles. The van der Waals surface area contributed by atoms with Crippen molar-refractivity contribution in [2.24, 2.45) is 0 Å². The van der Waals surface area contributed by atoms with Crippen LogP contribution in [0.4, 0.5) is 8.78 Å². The molecule has 0 aliphatic carbocycles. The summed E-state index contributed by atoms with van der Waals surface area (Å²) in [6.07, 6.45) is 1.41. The van der Waals surface area contributed by atoms with Gasteiger partial charge in [-0.05, 0) is 29.3 Å². The van der Waals surface area contributed by atoms with E-state index in [2.05, 4.69) is 0 Å². The van der Waals surface area contributed by atoms with Gasteiger partial charge in [0, 0.05) is 24.1 Å². The first-order valence-corrected chi connectivity index (χ1v) is 11.8. The summed E-state index contributed by atoms with van der Waals surface area (Å²) in [7, 11) is 0. The molecule has 0 saturated carbocycles. The number of carbonyl (C=O) groups excluding carboxylic acids is 2.